The van der Waals surface area contributed by atoms with Crippen LogP contribution in [0.2, 0.25) is 0 Å². The molecule has 0 radical (unpaired) electrons. The van der Waals surface area contributed by atoms with Crippen LogP contribution in [0.25, 0.3) is 0 Å². The third-order valence-electron chi connectivity index (χ3n) is 3.20. The Labute approximate surface area is 107 Å². The zero-order valence-electron chi connectivity index (χ0n) is 10.2. The molecule has 1 atom stereocenters. The SMILES string of the molecule is c1ccc(Cn2cncc2C2CNCCO2)cc1. The first-order valence-corrected chi connectivity index (χ1v) is 6.30. The second kappa shape index (κ2) is 5.33. The summed E-state index contributed by atoms with van der Waals surface area (Å²) in [6.07, 6.45) is 3.89. The first-order valence-electron chi connectivity index (χ1n) is 6.30. The monoisotopic (exact) mass is 243 g/mol. The number of imidazole rings is 1. The van der Waals surface area contributed by atoms with Crippen LogP contribution in [0.1, 0.15) is 17.4 Å². The molecule has 1 fully saturated rings. The van der Waals surface area contributed by atoms with Crippen molar-refractivity contribution in [2.24, 2.45) is 0 Å². The molecular formula is C14H17N3O. The van der Waals surface area contributed by atoms with Crippen LogP contribution in [0, 0.1) is 0 Å². The quantitative estimate of drug-likeness (QED) is 0.890. The standard InChI is InChI=1S/C14H17N3O/c1-2-4-12(5-3-1)10-17-11-16-8-13(17)14-9-15-6-7-18-14/h1-5,8,11,14-15H,6-7,9-10H2. The minimum Gasteiger partial charge on any atom is -0.369 e. The van der Waals surface area contributed by atoms with Gasteiger partial charge in [0, 0.05) is 19.6 Å². The predicted octanol–water partition coefficient (Wildman–Crippen LogP) is 1.59. The zero-order valence-corrected chi connectivity index (χ0v) is 10.2. The summed E-state index contributed by atoms with van der Waals surface area (Å²) in [5.41, 5.74) is 2.42. The average Bonchev–Trinajstić information content (AvgIpc) is 2.89. The molecule has 1 saturated heterocycles. The van der Waals surface area contributed by atoms with Gasteiger partial charge in [0.1, 0.15) is 6.10 Å². The largest absolute Gasteiger partial charge is 0.369 e. The Morgan fingerprint density at radius 2 is 2.22 bits per heavy atom. The van der Waals surface area contributed by atoms with Crippen molar-refractivity contribution in [2.45, 2.75) is 12.6 Å². The summed E-state index contributed by atoms with van der Waals surface area (Å²) < 4.78 is 7.94. The van der Waals surface area contributed by atoms with Crippen LogP contribution >= 0.6 is 0 Å². The summed E-state index contributed by atoms with van der Waals surface area (Å²) in [5, 5.41) is 3.35. The lowest BCUT2D eigenvalue weighted by Crippen LogP contribution is -2.34. The van der Waals surface area contributed by atoms with Gasteiger partial charge in [0.05, 0.1) is 24.8 Å². The van der Waals surface area contributed by atoms with E-state index in [0.29, 0.717) is 0 Å². The number of hydrogen-bond acceptors (Lipinski definition) is 3. The molecule has 2 aromatic rings. The van der Waals surface area contributed by atoms with Gasteiger partial charge in [-0.1, -0.05) is 30.3 Å². The molecule has 1 aliphatic rings. The van der Waals surface area contributed by atoms with E-state index in [0.717, 1.165) is 31.9 Å². The number of nitrogens with zero attached hydrogens (tertiary/aromatic N) is 2. The second-order valence-corrected chi connectivity index (χ2v) is 4.50. The van der Waals surface area contributed by atoms with Crippen LogP contribution in [0.5, 0.6) is 0 Å². The number of nitrogens with one attached hydrogen (secondary N) is 1. The van der Waals surface area contributed by atoms with Gasteiger partial charge in [-0.2, -0.15) is 0 Å². The number of benzene rings is 1. The highest BCUT2D eigenvalue weighted by atomic mass is 16.5. The molecule has 0 amide bonds. The van der Waals surface area contributed by atoms with Crippen molar-refractivity contribution in [2.75, 3.05) is 19.7 Å². The van der Waals surface area contributed by atoms with E-state index in [9.17, 15) is 0 Å². The van der Waals surface area contributed by atoms with Gasteiger partial charge in [0.2, 0.25) is 0 Å². The fourth-order valence-corrected chi connectivity index (χ4v) is 2.27. The molecule has 0 spiro atoms. The number of aromatic nitrogens is 2. The maximum Gasteiger partial charge on any atom is 0.111 e. The molecule has 0 aliphatic carbocycles. The molecule has 18 heavy (non-hydrogen) atoms. The molecule has 1 aliphatic heterocycles. The number of hydrogen-bond donors (Lipinski definition) is 1. The van der Waals surface area contributed by atoms with Gasteiger partial charge in [-0.25, -0.2) is 4.98 Å². The zero-order chi connectivity index (χ0) is 12.2. The fraction of sp³-hybridized carbons (Fsp3) is 0.357. The van der Waals surface area contributed by atoms with E-state index in [1.807, 2.05) is 18.6 Å². The summed E-state index contributed by atoms with van der Waals surface area (Å²) >= 11 is 0. The Morgan fingerprint density at radius 1 is 1.33 bits per heavy atom. The normalized spacial score (nSPS) is 19.9. The van der Waals surface area contributed by atoms with Gasteiger partial charge < -0.3 is 14.6 Å². The molecule has 4 nitrogen and oxygen atoms in total. The van der Waals surface area contributed by atoms with Crippen LogP contribution in [-0.2, 0) is 11.3 Å². The second-order valence-electron chi connectivity index (χ2n) is 4.50. The van der Waals surface area contributed by atoms with E-state index >= 15 is 0 Å². The molecule has 1 aromatic heterocycles. The third-order valence-corrected chi connectivity index (χ3v) is 3.20. The number of ether oxygens (including phenoxy) is 1. The smallest absolute Gasteiger partial charge is 0.111 e. The summed E-state index contributed by atoms with van der Waals surface area (Å²) in [5.74, 6) is 0. The first-order chi connectivity index (χ1) is 8.93. The molecule has 0 bridgehead atoms. The van der Waals surface area contributed by atoms with Crippen molar-refractivity contribution in [3.05, 3.63) is 54.1 Å². The van der Waals surface area contributed by atoms with Gasteiger partial charge in [0.25, 0.3) is 0 Å². The molecule has 94 valence electrons. The highest BCUT2D eigenvalue weighted by molar-refractivity contribution is 5.17. The Kier molecular flexibility index (Phi) is 3.39. The van der Waals surface area contributed by atoms with E-state index in [2.05, 4.69) is 39.1 Å². The van der Waals surface area contributed by atoms with Crippen molar-refractivity contribution < 1.29 is 4.74 Å². The topological polar surface area (TPSA) is 39.1 Å². The van der Waals surface area contributed by atoms with Gasteiger partial charge in [-0.05, 0) is 5.56 Å². The fourth-order valence-electron chi connectivity index (χ4n) is 2.27. The van der Waals surface area contributed by atoms with Gasteiger partial charge in [0.15, 0.2) is 0 Å². The van der Waals surface area contributed by atoms with Crippen LogP contribution in [0.3, 0.4) is 0 Å². The van der Waals surface area contributed by atoms with Crippen LogP contribution in [0.15, 0.2) is 42.9 Å². The highest BCUT2D eigenvalue weighted by Crippen LogP contribution is 2.19. The minimum absolute atomic E-state index is 0.116. The minimum atomic E-state index is 0.116. The molecule has 1 aromatic carbocycles. The van der Waals surface area contributed by atoms with E-state index < -0.39 is 0 Å². The van der Waals surface area contributed by atoms with Crippen molar-refractivity contribution >= 4 is 0 Å². The lowest BCUT2D eigenvalue weighted by Gasteiger charge is -2.24. The van der Waals surface area contributed by atoms with Gasteiger partial charge >= 0.3 is 0 Å². The van der Waals surface area contributed by atoms with Gasteiger partial charge in [-0.3, -0.25) is 0 Å². The molecule has 4 heteroatoms. The van der Waals surface area contributed by atoms with Gasteiger partial charge in [-0.15, -0.1) is 0 Å². The summed E-state index contributed by atoms with van der Waals surface area (Å²) in [7, 11) is 0. The summed E-state index contributed by atoms with van der Waals surface area (Å²) in [6.45, 7) is 3.40. The molecule has 2 heterocycles. The number of morpholine rings is 1. The van der Waals surface area contributed by atoms with E-state index in [1.54, 1.807) is 0 Å². The van der Waals surface area contributed by atoms with Crippen LogP contribution in [0.4, 0.5) is 0 Å². The predicted molar refractivity (Wildman–Crippen MR) is 69.3 cm³/mol. The van der Waals surface area contributed by atoms with E-state index in [-0.39, 0.29) is 6.10 Å². The third kappa shape index (κ3) is 2.44. The Morgan fingerprint density at radius 3 is 3.00 bits per heavy atom. The molecule has 1 unspecified atom stereocenters. The lowest BCUT2D eigenvalue weighted by molar-refractivity contribution is 0.0230. The summed E-state index contributed by atoms with van der Waals surface area (Å²) in [4.78, 5) is 4.25. The lowest BCUT2D eigenvalue weighted by atomic mass is 10.2. The van der Waals surface area contributed by atoms with Crippen molar-refractivity contribution in [1.82, 2.24) is 14.9 Å². The summed E-state index contributed by atoms with van der Waals surface area (Å²) in [6, 6.07) is 10.4. The van der Waals surface area contributed by atoms with Crippen LogP contribution < -0.4 is 5.32 Å². The molecular weight excluding hydrogens is 226 g/mol. The highest BCUT2D eigenvalue weighted by Gasteiger charge is 2.19. The molecule has 0 saturated carbocycles. The van der Waals surface area contributed by atoms with Crippen LogP contribution in [-0.4, -0.2) is 29.2 Å². The maximum atomic E-state index is 5.78. The number of rotatable bonds is 3. The average molecular weight is 243 g/mol. The Hall–Kier alpha value is -1.65. The van der Waals surface area contributed by atoms with Crippen molar-refractivity contribution in [3.8, 4) is 0 Å². The molecule has 3 rings (SSSR count). The first kappa shape index (κ1) is 11.4. The van der Waals surface area contributed by atoms with E-state index in [4.69, 9.17) is 4.74 Å². The Bertz CT molecular complexity index is 489. The maximum absolute atomic E-state index is 5.78. The molecule has 1 N–H and O–H groups in total. The van der Waals surface area contributed by atoms with E-state index in [1.165, 1.54) is 5.56 Å². The van der Waals surface area contributed by atoms with Crippen molar-refractivity contribution in [1.29, 1.82) is 0 Å². The Balaban J connectivity index is 1.78. The van der Waals surface area contributed by atoms with Crippen molar-refractivity contribution in [3.63, 3.8) is 0 Å².